The molecule has 0 bridgehead atoms. The number of anilines is 1. The van der Waals surface area contributed by atoms with E-state index in [9.17, 15) is 9.59 Å². The largest absolute Gasteiger partial charge is 0.497 e. The van der Waals surface area contributed by atoms with Crippen molar-refractivity contribution in [1.29, 1.82) is 0 Å². The molecule has 0 radical (unpaired) electrons. The lowest BCUT2D eigenvalue weighted by Crippen LogP contribution is -2.46. The summed E-state index contributed by atoms with van der Waals surface area (Å²) in [6.07, 6.45) is 2.18. The van der Waals surface area contributed by atoms with E-state index < -0.39 is 0 Å². The molecular weight excluding hydrogens is 306 g/mol. The van der Waals surface area contributed by atoms with Crippen molar-refractivity contribution in [3.05, 3.63) is 24.3 Å². The smallest absolute Gasteiger partial charge is 0.317 e. The van der Waals surface area contributed by atoms with E-state index in [2.05, 4.69) is 19.2 Å². The fourth-order valence-corrected chi connectivity index (χ4v) is 2.95. The molecule has 1 fully saturated rings. The van der Waals surface area contributed by atoms with Crippen LogP contribution in [0.15, 0.2) is 24.3 Å². The Balaban J connectivity index is 1.99. The molecule has 1 aliphatic heterocycles. The molecule has 1 aromatic rings. The van der Waals surface area contributed by atoms with Crippen LogP contribution in [0.1, 0.15) is 33.1 Å². The van der Waals surface area contributed by atoms with Gasteiger partial charge in [-0.2, -0.15) is 0 Å². The van der Waals surface area contributed by atoms with Crippen LogP contribution < -0.4 is 15.0 Å². The van der Waals surface area contributed by atoms with E-state index in [-0.39, 0.29) is 18.0 Å². The predicted octanol–water partition coefficient (Wildman–Crippen LogP) is 2.63. The van der Waals surface area contributed by atoms with Gasteiger partial charge >= 0.3 is 6.03 Å². The number of carbonyl (C=O) groups excluding carboxylic acids is 2. The molecule has 1 heterocycles. The van der Waals surface area contributed by atoms with E-state index in [1.54, 1.807) is 12.0 Å². The summed E-state index contributed by atoms with van der Waals surface area (Å²) in [4.78, 5) is 28.2. The highest BCUT2D eigenvalue weighted by Crippen LogP contribution is 2.25. The number of ether oxygens (including phenoxy) is 1. The average molecular weight is 333 g/mol. The Bertz CT molecular complexity index is 570. The van der Waals surface area contributed by atoms with Crippen LogP contribution in [0.3, 0.4) is 0 Å². The van der Waals surface area contributed by atoms with Crippen molar-refractivity contribution < 1.29 is 14.3 Å². The lowest BCUT2D eigenvalue weighted by atomic mass is 10.2. The normalized spacial score (nSPS) is 17.0. The molecule has 1 N–H and O–H groups in total. The molecule has 6 nitrogen and oxygen atoms in total. The Kier molecular flexibility index (Phi) is 6.46. The number of nitrogens with one attached hydrogen (secondary N) is 1. The molecule has 1 aromatic carbocycles. The van der Waals surface area contributed by atoms with Gasteiger partial charge in [0.1, 0.15) is 5.75 Å². The third kappa shape index (κ3) is 4.40. The second-order valence-corrected chi connectivity index (χ2v) is 6.04. The number of hydrogen-bond acceptors (Lipinski definition) is 3. The lowest BCUT2D eigenvalue weighted by molar-refractivity contribution is -0.117. The van der Waals surface area contributed by atoms with E-state index in [0.717, 1.165) is 31.6 Å². The first-order valence-electron chi connectivity index (χ1n) is 8.58. The summed E-state index contributed by atoms with van der Waals surface area (Å²) >= 11 is 0. The number of urea groups is 1. The van der Waals surface area contributed by atoms with Gasteiger partial charge in [0.2, 0.25) is 5.91 Å². The Morgan fingerprint density at radius 3 is 2.67 bits per heavy atom. The summed E-state index contributed by atoms with van der Waals surface area (Å²) in [6, 6.07) is 7.18. The molecule has 1 atom stereocenters. The molecule has 2 rings (SSSR count). The van der Waals surface area contributed by atoms with Gasteiger partial charge in [-0.25, -0.2) is 4.79 Å². The monoisotopic (exact) mass is 333 g/mol. The van der Waals surface area contributed by atoms with Gasteiger partial charge in [0.25, 0.3) is 0 Å². The summed E-state index contributed by atoms with van der Waals surface area (Å²) in [6.45, 7) is 6.07. The van der Waals surface area contributed by atoms with Gasteiger partial charge in [-0.15, -0.1) is 0 Å². The number of rotatable bonds is 7. The minimum Gasteiger partial charge on any atom is -0.497 e. The highest BCUT2D eigenvalue weighted by Gasteiger charge is 2.32. The van der Waals surface area contributed by atoms with E-state index in [0.29, 0.717) is 18.7 Å². The first-order chi connectivity index (χ1) is 11.6. The fourth-order valence-electron chi connectivity index (χ4n) is 2.95. The third-order valence-corrected chi connectivity index (χ3v) is 4.09. The first-order valence-corrected chi connectivity index (χ1v) is 8.58. The minimum atomic E-state index is -0.160. The van der Waals surface area contributed by atoms with Crippen LogP contribution in [-0.2, 0) is 4.79 Å². The average Bonchev–Trinajstić information content (AvgIpc) is 2.95. The van der Waals surface area contributed by atoms with Gasteiger partial charge in [0.15, 0.2) is 0 Å². The third-order valence-electron chi connectivity index (χ3n) is 4.09. The zero-order chi connectivity index (χ0) is 17.5. The van der Waals surface area contributed by atoms with Crippen molar-refractivity contribution in [3.63, 3.8) is 0 Å². The second-order valence-electron chi connectivity index (χ2n) is 6.04. The van der Waals surface area contributed by atoms with Crippen LogP contribution in [-0.4, -0.2) is 49.6 Å². The molecule has 0 aliphatic carbocycles. The topological polar surface area (TPSA) is 61.9 Å². The quantitative estimate of drug-likeness (QED) is 0.834. The molecule has 3 amide bonds. The van der Waals surface area contributed by atoms with E-state index in [1.807, 2.05) is 29.2 Å². The molecule has 0 spiro atoms. The lowest BCUT2D eigenvalue weighted by Gasteiger charge is -2.24. The first kappa shape index (κ1) is 18.1. The standard InChI is InChI=1S/C18H27N3O3/c1-4-9-20(10-5-2)18(23)19-14-11-17(22)21(13-14)15-7-6-8-16(12-15)24-3/h6-8,12,14H,4-5,9-11,13H2,1-3H3,(H,19,23)/t14-/m0/s1. The van der Waals surface area contributed by atoms with Crippen molar-refractivity contribution in [2.75, 3.05) is 31.6 Å². The molecule has 1 saturated heterocycles. The summed E-state index contributed by atoms with van der Waals surface area (Å²) in [5.41, 5.74) is 0.801. The second kappa shape index (κ2) is 8.57. The van der Waals surface area contributed by atoms with Crippen LogP contribution in [0.25, 0.3) is 0 Å². The molecule has 132 valence electrons. The number of carbonyl (C=O) groups is 2. The molecule has 1 aliphatic rings. The number of benzene rings is 1. The molecule has 0 unspecified atom stereocenters. The number of nitrogens with zero attached hydrogens (tertiary/aromatic N) is 2. The van der Waals surface area contributed by atoms with Gasteiger partial charge in [0.05, 0.1) is 13.2 Å². The minimum absolute atomic E-state index is 0.0195. The molecule has 24 heavy (non-hydrogen) atoms. The molecule has 6 heteroatoms. The predicted molar refractivity (Wildman–Crippen MR) is 94.4 cm³/mol. The van der Waals surface area contributed by atoms with E-state index >= 15 is 0 Å². The van der Waals surface area contributed by atoms with Crippen molar-refractivity contribution >= 4 is 17.6 Å². The van der Waals surface area contributed by atoms with Crippen LogP contribution in [0.2, 0.25) is 0 Å². The van der Waals surface area contributed by atoms with Crippen LogP contribution in [0.4, 0.5) is 10.5 Å². The summed E-state index contributed by atoms with van der Waals surface area (Å²) in [7, 11) is 1.60. The van der Waals surface area contributed by atoms with Crippen LogP contribution in [0.5, 0.6) is 5.75 Å². The van der Waals surface area contributed by atoms with Gasteiger partial charge < -0.3 is 19.9 Å². The van der Waals surface area contributed by atoms with Gasteiger partial charge in [-0.05, 0) is 25.0 Å². The van der Waals surface area contributed by atoms with Crippen LogP contribution in [0, 0.1) is 0 Å². The van der Waals surface area contributed by atoms with Crippen molar-refractivity contribution in [2.45, 2.75) is 39.2 Å². The van der Waals surface area contributed by atoms with Crippen molar-refractivity contribution in [1.82, 2.24) is 10.2 Å². The van der Waals surface area contributed by atoms with E-state index in [4.69, 9.17) is 4.74 Å². The zero-order valence-electron chi connectivity index (χ0n) is 14.7. The van der Waals surface area contributed by atoms with Crippen molar-refractivity contribution in [2.24, 2.45) is 0 Å². The number of methoxy groups -OCH3 is 1. The molecule has 0 saturated carbocycles. The number of amides is 3. The Morgan fingerprint density at radius 1 is 1.33 bits per heavy atom. The highest BCUT2D eigenvalue weighted by molar-refractivity contribution is 5.97. The van der Waals surface area contributed by atoms with E-state index in [1.165, 1.54) is 0 Å². The summed E-state index contributed by atoms with van der Waals surface area (Å²) < 4.78 is 5.21. The maximum Gasteiger partial charge on any atom is 0.317 e. The summed E-state index contributed by atoms with van der Waals surface area (Å²) in [5.74, 6) is 0.732. The SMILES string of the molecule is CCCN(CCC)C(=O)N[C@H]1CC(=O)N(c2cccc(OC)c2)C1. The Hall–Kier alpha value is -2.24. The highest BCUT2D eigenvalue weighted by atomic mass is 16.5. The number of hydrogen-bond donors (Lipinski definition) is 1. The Morgan fingerprint density at radius 2 is 2.04 bits per heavy atom. The molecular formula is C18H27N3O3. The Labute approximate surface area is 143 Å². The van der Waals surface area contributed by atoms with Gasteiger partial charge in [-0.3, -0.25) is 4.79 Å². The van der Waals surface area contributed by atoms with Crippen molar-refractivity contribution in [3.8, 4) is 5.75 Å². The van der Waals surface area contributed by atoms with Gasteiger partial charge in [0, 0.05) is 37.8 Å². The maximum atomic E-state index is 12.4. The van der Waals surface area contributed by atoms with Crippen LogP contribution >= 0.6 is 0 Å². The summed E-state index contributed by atoms with van der Waals surface area (Å²) in [5, 5.41) is 3.00. The van der Waals surface area contributed by atoms with Gasteiger partial charge in [-0.1, -0.05) is 19.9 Å². The molecule has 0 aromatic heterocycles. The zero-order valence-corrected chi connectivity index (χ0v) is 14.7. The maximum absolute atomic E-state index is 12.4. The fraction of sp³-hybridized carbons (Fsp3) is 0.556.